The number of rotatable bonds is 2. The Morgan fingerprint density at radius 2 is 1.78 bits per heavy atom. The van der Waals surface area contributed by atoms with E-state index >= 15 is 0 Å². The van der Waals surface area contributed by atoms with E-state index in [-0.39, 0.29) is 0 Å². The second-order valence-electron chi connectivity index (χ2n) is 1.31. The Kier molecular flexibility index (Phi) is 4.18. The van der Waals surface area contributed by atoms with Crippen LogP contribution in [0.25, 0.3) is 0 Å². The van der Waals surface area contributed by atoms with Gasteiger partial charge in [-0.25, -0.2) is 0 Å². The lowest BCUT2D eigenvalue weighted by Gasteiger charge is -2.06. The molecule has 0 aliphatic carbocycles. The number of hydrogen-bond acceptors (Lipinski definition) is 3. The summed E-state index contributed by atoms with van der Waals surface area (Å²) in [5.74, 6) is 0. The summed E-state index contributed by atoms with van der Waals surface area (Å²) in [6.07, 6.45) is 0. The van der Waals surface area contributed by atoms with Crippen molar-refractivity contribution in [1.29, 1.82) is 0 Å². The second kappa shape index (κ2) is 3.64. The van der Waals surface area contributed by atoms with Gasteiger partial charge in [0.1, 0.15) is 0 Å². The van der Waals surface area contributed by atoms with Gasteiger partial charge in [0.15, 0.2) is 3.26 Å². The van der Waals surface area contributed by atoms with Crippen LogP contribution in [0.2, 0.25) is 0 Å². The zero-order valence-corrected chi connectivity index (χ0v) is 9.29. The molecule has 2 atom stereocenters. The molecule has 0 bridgehead atoms. The highest BCUT2D eigenvalue weighted by Gasteiger charge is 2.24. The number of halogens is 2. The lowest BCUT2D eigenvalue weighted by Crippen LogP contribution is -2.30. The van der Waals surface area contributed by atoms with Crippen molar-refractivity contribution in [2.24, 2.45) is 5.73 Å². The van der Waals surface area contributed by atoms with E-state index in [4.69, 9.17) is 10.3 Å². The van der Waals surface area contributed by atoms with Crippen molar-refractivity contribution < 1.29 is 13.0 Å². The van der Waals surface area contributed by atoms with Gasteiger partial charge in [-0.1, -0.05) is 45.2 Å². The van der Waals surface area contributed by atoms with E-state index in [1.165, 1.54) is 0 Å². The maximum atomic E-state index is 10.2. The van der Waals surface area contributed by atoms with Crippen LogP contribution in [-0.2, 0) is 10.1 Å². The summed E-state index contributed by atoms with van der Waals surface area (Å²) >= 11 is 3.29. The van der Waals surface area contributed by atoms with Crippen molar-refractivity contribution in [2.45, 2.75) is 7.31 Å². The molecular weight excluding hydrogens is 372 g/mol. The summed E-state index contributed by atoms with van der Waals surface area (Å²) in [5, 5.41) is 0. The van der Waals surface area contributed by atoms with Crippen LogP contribution in [0.1, 0.15) is 0 Å². The van der Waals surface area contributed by atoms with Crippen molar-refractivity contribution in [3.63, 3.8) is 0 Å². The molecule has 9 heavy (non-hydrogen) atoms. The highest BCUT2D eigenvalue weighted by Crippen LogP contribution is 2.15. The predicted molar refractivity (Wildman–Crippen MR) is 51.4 cm³/mol. The van der Waals surface area contributed by atoms with Crippen LogP contribution in [0.3, 0.4) is 0 Å². The van der Waals surface area contributed by atoms with E-state index in [1.54, 1.807) is 45.2 Å². The van der Waals surface area contributed by atoms with Gasteiger partial charge in [-0.15, -0.1) is 0 Å². The molecule has 2 unspecified atom stereocenters. The van der Waals surface area contributed by atoms with E-state index < -0.39 is 17.4 Å². The third kappa shape index (κ3) is 3.91. The van der Waals surface area contributed by atoms with Gasteiger partial charge in [-0.05, 0) is 0 Å². The molecule has 0 aromatic rings. The van der Waals surface area contributed by atoms with Crippen molar-refractivity contribution >= 4 is 55.3 Å². The maximum absolute atomic E-state index is 10.2. The van der Waals surface area contributed by atoms with Gasteiger partial charge in [-0.3, -0.25) is 4.55 Å². The van der Waals surface area contributed by atoms with E-state index in [9.17, 15) is 8.42 Å². The van der Waals surface area contributed by atoms with Crippen LogP contribution in [0, 0.1) is 0 Å². The Labute approximate surface area is 80.6 Å². The standard InChI is InChI=1S/C2H5I2NO3S/c3-1(5)2(4)9(6,7)8/h1-2H,5H2,(H,6,7,8). The molecular formula is C2H5I2NO3S. The van der Waals surface area contributed by atoms with E-state index in [2.05, 4.69) is 0 Å². The second-order valence-corrected chi connectivity index (χ2v) is 6.47. The van der Waals surface area contributed by atoms with Gasteiger partial charge in [0.2, 0.25) is 0 Å². The van der Waals surface area contributed by atoms with Gasteiger partial charge < -0.3 is 5.73 Å². The minimum Gasteiger partial charge on any atom is -0.318 e. The predicted octanol–water partition coefficient (Wildman–Crippen LogP) is 0.355. The third-order valence-electron chi connectivity index (χ3n) is 0.535. The zero-order valence-electron chi connectivity index (χ0n) is 4.16. The molecule has 0 rings (SSSR count). The number of hydrogen-bond donors (Lipinski definition) is 2. The van der Waals surface area contributed by atoms with Gasteiger partial charge in [0, 0.05) is 0 Å². The molecule has 0 amide bonds. The number of alkyl halides is 2. The summed E-state index contributed by atoms with van der Waals surface area (Å²) in [7, 11) is -3.95. The van der Waals surface area contributed by atoms with Crippen molar-refractivity contribution in [3.8, 4) is 0 Å². The molecule has 0 spiro atoms. The van der Waals surface area contributed by atoms with Crippen molar-refractivity contribution in [1.82, 2.24) is 0 Å². The molecule has 7 heteroatoms. The quantitative estimate of drug-likeness (QED) is 0.315. The lowest BCUT2D eigenvalue weighted by atomic mass is 10.8. The first kappa shape index (κ1) is 10.3. The summed E-state index contributed by atoms with van der Waals surface area (Å²) in [6, 6.07) is 0. The van der Waals surface area contributed by atoms with E-state index in [1.807, 2.05) is 0 Å². The summed E-state index contributed by atoms with van der Waals surface area (Å²) in [6.45, 7) is 0. The Hall–Kier alpha value is 1.33. The molecule has 4 nitrogen and oxygen atoms in total. The average Bonchev–Trinajstić information content (AvgIpc) is 1.62. The first-order chi connectivity index (χ1) is 3.85. The third-order valence-corrected chi connectivity index (χ3v) is 6.68. The molecule has 3 N–H and O–H groups in total. The van der Waals surface area contributed by atoms with Gasteiger partial charge in [-0.2, -0.15) is 8.42 Å². The van der Waals surface area contributed by atoms with Crippen LogP contribution in [0.15, 0.2) is 0 Å². The molecule has 0 aromatic heterocycles. The highest BCUT2D eigenvalue weighted by molar-refractivity contribution is 14.1. The average molecular weight is 377 g/mol. The van der Waals surface area contributed by atoms with Gasteiger partial charge in [0.05, 0.1) is 4.05 Å². The molecule has 0 heterocycles. The Balaban J connectivity index is 4.24. The molecule has 0 fully saturated rings. The molecule has 0 aliphatic rings. The Morgan fingerprint density at radius 1 is 1.44 bits per heavy atom. The van der Waals surface area contributed by atoms with Crippen LogP contribution < -0.4 is 5.73 Å². The summed E-state index contributed by atoms with van der Waals surface area (Å²) < 4.78 is 27.3. The van der Waals surface area contributed by atoms with Gasteiger partial charge in [0.25, 0.3) is 10.1 Å². The molecule has 0 aliphatic heterocycles. The van der Waals surface area contributed by atoms with Crippen LogP contribution >= 0.6 is 45.2 Å². The largest absolute Gasteiger partial charge is 0.318 e. The topological polar surface area (TPSA) is 80.4 Å². The van der Waals surface area contributed by atoms with Crippen LogP contribution in [0.4, 0.5) is 0 Å². The smallest absolute Gasteiger partial charge is 0.279 e. The SMILES string of the molecule is NC(I)C(I)S(=O)(=O)O. The van der Waals surface area contributed by atoms with Crippen molar-refractivity contribution in [3.05, 3.63) is 0 Å². The van der Waals surface area contributed by atoms with Crippen molar-refractivity contribution in [2.75, 3.05) is 0 Å². The van der Waals surface area contributed by atoms with E-state index in [0.717, 1.165) is 0 Å². The minimum absolute atomic E-state index is 0.571. The monoisotopic (exact) mass is 377 g/mol. The summed E-state index contributed by atoms with van der Waals surface area (Å²) in [4.78, 5) is 0. The van der Waals surface area contributed by atoms with Crippen LogP contribution in [0.5, 0.6) is 0 Å². The minimum atomic E-state index is -3.95. The lowest BCUT2D eigenvalue weighted by molar-refractivity contribution is 0.481. The van der Waals surface area contributed by atoms with E-state index in [0.29, 0.717) is 0 Å². The zero-order chi connectivity index (χ0) is 7.65. The first-order valence-electron chi connectivity index (χ1n) is 1.85. The Bertz CT molecular complexity index is 176. The Morgan fingerprint density at radius 3 is 1.78 bits per heavy atom. The number of nitrogens with two attached hydrogens (primary N) is 1. The van der Waals surface area contributed by atoms with Gasteiger partial charge >= 0.3 is 0 Å². The molecule has 0 radical (unpaired) electrons. The highest BCUT2D eigenvalue weighted by atomic mass is 127. The molecule has 0 saturated carbocycles. The van der Waals surface area contributed by atoms with Crippen LogP contribution in [-0.4, -0.2) is 20.3 Å². The fourth-order valence-electron chi connectivity index (χ4n) is 0.164. The normalized spacial score (nSPS) is 19.1. The molecule has 0 aromatic carbocycles. The fraction of sp³-hybridized carbons (Fsp3) is 1.00. The first-order valence-corrected chi connectivity index (χ1v) is 5.85. The summed E-state index contributed by atoms with van der Waals surface area (Å²) in [5.41, 5.74) is 5.16. The maximum Gasteiger partial charge on any atom is 0.279 e. The molecule has 0 saturated heterocycles. The molecule has 56 valence electrons. The fourth-order valence-corrected chi connectivity index (χ4v) is 1.61.